The standard InChI is InChI=1S/C6H9BrN2O2S/c1-2-3-9-5-6(7)4-8-12(9,10)11/h4-5H,2-3H2,1H3. The lowest BCUT2D eigenvalue weighted by Crippen LogP contribution is -2.27. The van der Waals surface area contributed by atoms with Crippen LogP contribution in [0.2, 0.25) is 0 Å². The highest BCUT2D eigenvalue weighted by atomic mass is 79.9. The number of rotatable bonds is 2. The molecule has 0 amide bonds. The van der Waals surface area contributed by atoms with Crippen molar-refractivity contribution >= 4 is 32.4 Å². The predicted octanol–water partition coefficient (Wildman–Crippen LogP) is 1.26. The van der Waals surface area contributed by atoms with E-state index in [9.17, 15) is 8.42 Å². The summed E-state index contributed by atoms with van der Waals surface area (Å²) < 4.78 is 27.7. The van der Waals surface area contributed by atoms with Crippen LogP contribution in [0, 0.1) is 0 Å². The van der Waals surface area contributed by atoms with Crippen LogP contribution in [0.15, 0.2) is 15.1 Å². The fourth-order valence-corrected chi connectivity index (χ4v) is 2.46. The van der Waals surface area contributed by atoms with Crippen LogP contribution in [0.25, 0.3) is 0 Å². The molecule has 0 spiro atoms. The molecule has 0 N–H and O–H groups in total. The zero-order valence-corrected chi connectivity index (χ0v) is 8.97. The highest BCUT2D eigenvalue weighted by Gasteiger charge is 2.19. The van der Waals surface area contributed by atoms with E-state index in [0.29, 0.717) is 11.0 Å². The molecule has 0 saturated carbocycles. The van der Waals surface area contributed by atoms with E-state index in [0.717, 1.165) is 6.42 Å². The van der Waals surface area contributed by atoms with Gasteiger partial charge in [-0.05, 0) is 22.4 Å². The molecule has 0 aliphatic carbocycles. The molecule has 0 atom stereocenters. The SMILES string of the molecule is CCCN1C=C(Br)C=NS1(=O)=O. The van der Waals surface area contributed by atoms with Gasteiger partial charge in [0, 0.05) is 12.7 Å². The van der Waals surface area contributed by atoms with Gasteiger partial charge in [0.1, 0.15) is 0 Å². The first kappa shape index (κ1) is 9.73. The summed E-state index contributed by atoms with van der Waals surface area (Å²) in [7, 11) is -3.42. The van der Waals surface area contributed by atoms with Crippen LogP contribution >= 0.6 is 15.9 Å². The lowest BCUT2D eigenvalue weighted by molar-refractivity contribution is 0.496. The number of nitrogens with zero attached hydrogens (tertiary/aromatic N) is 2. The highest BCUT2D eigenvalue weighted by molar-refractivity contribution is 9.12. The van der Waals surface area contributed by atoms with Crippen molar-refractivity contribution in [2.45, 2.75) is 13.3 Å². The average Bonchev–Trinajstić information content (AvgIpc) is 1.98. The Bertz CT molecular complexity index is 320. The van der Waals surface area contributed by atoms with Crippen molar-refractivity contribution in [1.29, 1.82) is 0 Å². The van der Waals surface area contributed by atoms with Crippen LogP contribution in [0.1, 0.15) is 13.3 Å². The van der Waals surface area contributed by atoms with E-state index < -0.39 is 10.2 Å². The van der Waals surface area contributed by atoms with Gasteiger partial charge in [0.05, 0.1) is 10.7 Å². The molecule has 0 fully saturated rings. The summed E-state index contributed by atoms with van der Waals surface area (Å²) >= 11 is 3.16. The maximum Gasteiger partial charge on any atom is 0.344 e. The second-order valence-electron chi connectivity index (χ2n) is 2.34. The van der Waals surface area contributed by atoms with Gasteiger partial charge in [-0.2, -0.15) is 12.8 Å². The topological polar surface area (TPSA) is 49.7 Å². The van der Waals surface area contributed by atoms with E-state index >= 15 is 0 Å². The van der Waals surface area contributed by atoms with E-state index in [-0.39, 0.29) is 0 Å². The van der Waals surface area contributed by atoms with E-state index in [2.05, 4.69) is 20.3 Å². The summed E-state index contributed by atoms with van der Waals surface area (Å²) in [6, 6.07) is 0. The molecule has 12 heavy (non-hydrogen) atoms. The molecule has 0 radical (unpaired) electrons. The Morgan fingerprint density at radius 1 is 1.67 bits per heavy atom. The van der Waals surface area contributed by atoms with Gasteiger partial charge in [-0.15, -0.1) is 0 Å². The quantitative estimate of drug-likeness (QED) is 0.743. The molecule has 0 aromatic carbocycles. The second-order valence-corrected chi connectivity index (χ2v) is 4.83. The zero-order valence-electron chi connectivity index (χ0n) is 6.57. The average molecular weight is 253 g/mol. The molecular formula is C6H9BrN2O2S. The largest absolute Gasteiger partial charge is 0.344 e. The Morgan fingerprint density at radius 3 is 2.92 bits per heavy atom. The van der Waals surface area contributed by atoms with Crippen molar-refractivity contribution in [2.75, 3.05) is 6.54 Å². The zero-order chi connectivity index (χ0) is 9.19. The first-order valence-corrected chi connectivity index (χ1v) is 5.69. The van der Waals surface area contributed by atoms with E-state index in [1.807, 2.05) is 6.92 Å². The molecule has 0 aromatic rings. The van der Waals surface area contributed by atoms with Crippen molar-refractivity contribution in [2.24, 2.45) is 4.40 Å². The number of allylic oxidation sites excluding steroid dienone is 1. The number of hydrogen-bond acceptors (Lipinski definition) is 2. The summed E-state index contributed by atoms with van der Waals surface area (Å²) in [5.74, 6) is 0. The molecule has 0 aromatic heterocycles. The predicted molar refractivity (Wildman–Crippen MR) is 51.4 cm³/mol. The molecule has 68 valence electrons. The highest BCUT2D eigenvalue weighted by Crippen LogP contribution is 2.15. The Labute approximate surface area is 80.3 Å². The summed E-state index contributed by atoms with van der Waals surface area (Å²) in [5.41, 5.74) is 0. The molecule has 6 heteroatoms. The maximum atomic E-state index is 11.2. The Kier molecular flexibility index (Phi) is 2.89. The normalized spacial score (nSPS) is 20.8. The smallest absolute Gasteiger partial charge is 0.258 e. The van der Waals surface area contributed by atoms with Crippen LogP contribution in [-0.2, 0) is 10.2 Å². The third-order valence-electron chi connectivity index (χ3n) is 1.32. The van der Waals surface area contributed by atoms with Crippen molar-refractivity contribution in [3.63, 3.8) is 0 Å². The maximum absolute atomic E-state index is 11.2. The van der Waals surface area contributed by atoms with Crippen molar-refractivity contribution in [3.05, 3.63) is 10.7 Å². The van der Waals surface area contributed by atoms with Gasteiger partial charge in [0.2, 0.25) is 0 Å². The van der Waals surface area contributed by atoms with Crippen molar-refractivity contribution < 1.29 is 8.42 Å². The number of hydrogen-bond donors (Lipinski definition) is 0. The Balaban J connectivity index is 2.91. The lowest BCUT2D eigenvalue weighted by atomic mass is 10.5. The first-order valence-electron chi connectivity index (χ1n) is 3.50. The molecule has 0 bridgehead atoms. The fraction of sp³-hybridized carbons (Fsp3) is 0.500. The molecule has 1 aliphatic heterocycles. The second kappa shape index (κ2) is 3.57. The molecule has 0 unspecified atom stereocenters. The third-order valence-corrected chi connectivity index (χ3v) is 2.98. The van der Waals surface area contributed by atoms with Gasteiger partial charge >= 0.3 is 10.2 Å². The lowest BCUT2D eigenvalue weighted by Gasteiger charge is -2.18. The molecule has 4 nitrogen and oxygen atoms in total. The Morgan fingerprint density at radius 2 is 2.33 bits per heavy atom. The van der Waals surface area contributed by atoms with Gasteiger partial charge in [-0.25, -0.2) is 0 Å². The van der Waals surface area contributed by atoms with Crippen LogP contribution in [0.5, 0.6) is 0 Å². The van der Waals surface area contributed by atoms with Crippen LogP contribution in [0.4, 0.5) is 0 Å². The van der Waals surface area contributed by atoms with Crippen LogP contribution < -0.4 is 0 Å². The molecular weight excluding hydrogens is 244 g/mol. The Hall–Kier alpha value is -0.360. The van der Waals surface area contributed by atoms with E-state index in [1.54, 1.807) is 0 Å². The molecule has 1 rings (SSSR count). The van der Waals surface area contributed by atoms with Gasteiger partial charge in [-0.3, -0.25) is 4.31 Å². The number of halogens is 1. The molecule has 0 saturated heterocycles. The van der Waals surface area contributed by atoms with Crippen LogP contribution in [-0.4, -0.2) is 25.5 Å². The van der Waals surface area contributed by atoms with E-state index in [1.165, 1.54) is 16.7 Å². The third kappa shape index (κ3) is 2.07. The summed E-state index contributed by atoms with van der Waals surface area (Å²) in [4.78, 5) is 0. The minimum Gasteiger partial charge on any atom is -0.258 e. The monoisotopic (exact) mass is 252 g/mol. The molecule has 1 heterocycles. The summed E-state index contributed by atoms with van der Waals surface area (Å²) in [6.45, 7) is 2.38. The first-order chi connectivity index (χ1) is 5.56. The van der Waals surface area contributed by atoms with Crippen molar-refractivity contribution in [1.82, 2.24) is 4.31 Å². The minimum absolute atomic E-state index is 0.467. The van der Waals surface area contributed by atoms with Gasteiger partial charge < -0.3 is 0 Å². The van der Waals surface area contributed by atoms with Gasteiger partial charge in [0.25, 0.3) is 0 Å². The van der Waals surface area contributed by atoms with Crippen molar-refractivity contribution in [3.8, 4) is 0 Å². The van der Waals surface area contributed by atoms with E-state index in [4.69, 9.17) is 0 Å². The fourth-order valence-electron chi connectivity index (χ4n) is 0.815. The van der Waals surface area contributed by atoms with Gasteiger partial charge in [0.15, 0.2) is 0 Å². The summed E-state index contributed by atoms with van der Waals surface area (Å²) in [6.07, 6.45) is 3.57. The molecule has 1 aliphatic rings. The summed E-state index contributed by atoms with van der Waals surface area (Å²) in [5, 5.41) is 0. The minimum atomic E-state index is -3.42. The van der Waals surface area contributed by atoms with Crippen LogP contribution in [0.3, 0.4) is 0 Å². The van der Waals surface area contributed by atoms with Gasteiger partial charge in [-0.1, -0.05) is 6.92 Å².